The van der Waals surface area contributed by atoms with Gasteiger partial charge in [0, 0.05) is 0 Å². The molecule has 0 heterocycles. The smallest absolute Gasteiger partial charge is 0.0266 e. The predicted molar refractivity (Wildman–Crippen MR) is 75.9 cm³/mol. The Labute approximate surface area is 109 Å². The minimum Gasteiger partial charge on any atom is -0.0625 e. The van der Waals surface area contributed by atoms with E-state index in [0.717, 1.165) is 29.6 Å². The Morgan fingerprint density at radius 1 is 0.941 bits per heavy atom. The summed E-state index contributed by atoms with van der Waals surface area (Å²) in [4.78, 5) is 0. The molecule has 17 heavy (non-hydrogen) atoms. The lowest BCUT2D eigenvalue weighted by Gasteiger charge is -2.64. The summed E-state index contributed by atoms with van der Waals surface area (Å²) >= 11 is 0. The molecule has 0 N–H and O–H groups in total. The van der Waals surface area contributed by atoms with Crippen LogP contribution in [-0.2, 0) is 0 Å². The molecule has 100 valence electrons. The topological polar surface area (TPSA) is 0 Å². The second-order valence-electron chi connectivity index (χ2n) is 8.37. The third-order valence-electron chi connectivity index (χ3n) is 7.02. The molecule has 0 amide bonds. The van der Waals surface area contributed by atoms with E-state index in [1.807, 2.05) is 0 Å². The van der Waals surface area contributed by atoms with E-state index in [0.29, 0.717) is 10.8 Å². The van der Waals surface area contributed by atoms with Crippen LogP contribution in [-0.4, -0.2) is 0 Å². The van der Waals surface area contributed by atoms with Gasteiger partial charge in [-0.1, -0.05) is 48.5 Å². The fourth-order valence-corrected chi connectivity index (χ4v) is 4.81. The molecule has 0 aromatic heterocycles. The van der Waals surface area contributed by atoms with Crippen molar-refractivity contribution in [2.45, 2.75) is 67.7 Å². The summed E-state index contributed by atoms with van der Waals surface area (Å²) in [6, 6.07) is 0. The van der Waals surface area contributed by atoms with E-state index in [4.69, 9.17) is 0 Å². The van der Waals surface area contributed by atoms with Crippen molar-refractivity contribution in [1.82, 2.24) is 0 Å². The fraction of sp³-hybridized carbons (Fsp3) is 1.00. The molecule has 2 aliphatic carbocycles. The second-order valence-corrected chi connectivity index (χ2v) is 8.37. The van der Waals surface area contributed by atoms with E-state index in [-0.39, 0.29) is 0 Å². The average Bonchev–Trinajstić information content (AvgIpc) is 2.60. The highest BCUT2D eigenvalue weighted by Crippen LogP contribution is 2.71. The second kappa shape index (κ2) is 4.00. The lowest BCUT2D eigenvalue weighted by molar-refractivity contribution is -0.166. The Kier molecular flexibility index (Phi) is 3.16. The van der Waals surface area contributed by atoms with Crippen LogP contribution in [0.3, 0.4) is 0 Å². The highest BCUT2D eigenvalue weighted by atomic mass is 14.7. The summed E-state index contributed by atoms with van der Waals surface area (Å²) in [5.74, 6) is 4.80. The van der Waals surface area contributed by atoms with Gasteiger partial charge >= 0.3 is 0 Å². The molecule has 2 rings (SSSR count). The van der Waals surface area contributed by atoms with Crippen molar-refractivity contribution >= 4 is 0 Å². The highest BCUT2D eigenvalue weighted by Gasteiger charge is 2.65. The van der Waals surface area contributed by atoms with Gasteiger partial charge in [-0.25, -0.2) is 0 Å². The molecule has 0 aromatic rings. The van der Waals surface area contributed by atoms with E-state index in [1.54, 1.807) is 0 Å². The van der Waals surface area contributed by atoms with Crippen LogP contribution in [0.5, 0.6) is 0 Å². The monoisotopic (exact) mass is 236 g/mol. The molecule has 0 saturated heterocycles. The van der Waals surface area contributed by atoms with Crippen molar-refractivity contribution in [2.24, 2.45) is 40.4 Å². The Hall–Kier alpha value is 0. The molecule has 0 aliphatic heterocycles. The standard InChI is InChI=1S/C17H32/c1-11(2)12(3)10-13-8-9-14-15(13)17(6,7)16(14,4)5/h11-15H,8-10H2,1-7H3. The van der Waals surface area contributed by atoms with Gasteiger partial charge in [0.25, 0.3) is 0 Å². The zero-order valence-electron chi connectivity index (χ0n) is 13.0. The molecule has 0 bridgehead atoms. The summed E-state index contributed by atoms with van der Waals surface area (Å²) in [7, 11) is 0. The van der Waals surface area contributed by atoms with Crippen molar-refractivity contribution in [1.29, 1.82) is 0 Å². The lowest BCUT2D eigenvalue weighted by Crippen LogP contribution is -2.59. The normalized spacial score (nSPS) is 39.9. The van der Waals surface area contributed by atoms with Gasteiger partial charge in [0.15, 0.2) is 0 Å². The fourth-order valence-electron chi connectivity index (χ4n) is 4.81. The maximum Gasteiger partial charge on any atom is -0.0266 e. The SMILES string of the molecule is CC(C)C(C)CC1CCC2C1C(C)(C)C2(C)C. The zero-order valence-corrected chi connectivity index (χ0v) is 13.0. The van der Waals surface area contributed by atoms with Gasteiger partial charge < -0.3 is 0 Å². The molecule has 2 saturated carbocycles. The molecule has 0 aromatic carbocycles. The van der Waals surface area contributed by atoms with Gasteiger partial charge in [0.2, 0.25) is 0 Å². The molecular weight excluding hydrogens is 204 g/mol. The van der Waals surface area contributed by atoms with Crippen LogP contribution in [0.4, 0.5) is 0 Å². The van der Waals surface area contributed by atoms with Crippen LogP contribution in [0.15, 0.2) is 0 Å². The third kappa shape index (κ3) is 1.78. The quantitative estimate of drug-likeness (QED) is 0.617. The first kappa shape index (κ1) is 13.4. The third-order valence-corrected chi connectivity index (χ3v) is 7.02. The maximum absolute atomic E-state index is 2.52. The molecule has 2 aliphatic rings. The molecule has 0 nitrogen and oxygen atoms in total. The van der Waals surface area contributed by atoms with Gasteiger partial charge in [-0.3, -0.25) is 0 Å². The van der Waals surface area contributed by atoms with E-state index >= 15 is 0 Å². The van der Waals surface area contributed by atoms with Crippen LogP contribution in [0.25, 0.3) is 0 Å². The molecular formula is C17H32. The van der Waals surface area contributed by atoms with E-state index in [2.05, 4.69) is 48.5 Å². The first-order chi connectivity index (χ1) is 7.69. The Balaban J connectivity index is 2.05. The zero-order chi connectivity index (χ0) is 13.0. The highest BCUT2D eigenvalue weighted by molar-refractivity contribution is 5.13. The van der Waals surface area contributed by atoms with Gasteiger partial charge in [-0.2, -0.15) is 0 Å². The van der Waals surface area contributed by atoms with Gasteiger partial charge in [0.1, 0.15) is 0 Å². The summed E-state index contributed by atoms with van der Waals surface area (Å²) in [5.41, 5.74) is 1.14. The number of rotatable bonds is 3. The van der Waals surface area contributed by atoms with Crippen molar-refractivity contribution in [3.63, 3.8) is 0 Å². The summed E-state index contributed by atoms with van der Waals surface area (Å²) in [5, 5.41) is 0. The molecule has 4 atom stereocenters. The first-order valence-corrected chi connectivity index (χ1v) is 7.69. The van der Waals surface area contributed by atoms with Crippen LogP contribution >= 0.6 is 0 Å². The number of fused-ring (bicyclic) bond motifs is 1. The molecule has 0 spiro atoms. The predicted octanol–water partition coefficient (Wildman–Crippen LogP) is 5.38. The van der Waals surface area contributed by atoms with E-state index < -0.39 is 0 Å². The van der Waals surface area contributed by atoms with E-state index in [9.17, 15) is 0 Å². The molecule has 2 fully saturated rings. The number of hydrogen-bond donors (Lipinski definition) is 0. The van der Waals surface area contributed by atoms with Gasteiger partial charge in [0.05, 0.1) is 0 Å². The van der Waals surface area contributed by atoms with Crippen molar-refractivity contribution in [2.75, 3.05) is 0 Å². The van der Waals surface area contributed by atoms with Crippen LogP contribution in [0, 0.1) is 40.4 Å². The van der Waals surface area contributed by atoms with Crippen molar-refractivity contribution in [3.8, 4) is 0 Å². The minimum atomic E-state index is 0.565. The van der Waals surface area contributed by atoms with Crippen LogP contribution in [0.1, 0.15) is 67.7 Å². The molecule has 0 radical (unpaired) electrons. The molecule has 0 heteroatoms. The van der Waals surface area contributed by atoms with Gasteiger partial charge in [-0.15, -0.1) is 0 Å². The lowest BCUT2D eigenvalue weighted by atomic mass is 9.40. The van der Waals surface area contributed by atoms with Crippen molar-refractivity contribution < 1.29 is 0 Å². The first-order valence-electron chi connectivity index (χ1n) is 7.69. The summed E-state index contributed by atoms with van der Waals surface area (Å²) < 4.78 is 0. The Morgan fingerprint density at radius 2 is 1.53 bits per heavy atom. The largest absolute Gasteiger partial charge is 0.0625 e. The van der Waals surface area contributed by atoms with Crippen LogP contribution in [0.2, 0.25) is 0 Å². The number of hydrogen-bond acceptors (Lipinski definition) is 0. The maximum atomic E-state index is 2.52. The minimum absolute atomic E-state index is 0.565. The summed E-state index contributed by atoms with van der Waals surface area (Å²) in [6.45, 7) is 17.3. The summed E-state index contributed by atoms with van der Waals surface area (Å²) in [6.07, 6.45) is 4.47. The Morgan fingerprint density at radius 3 is 2.06 bits per heavy atom. The molecule has 4 unspecified atom stereocenters. The van der Waals surface area contributed by atoms with Gasteiger partial charge in [-0.05, 0) is 59.7 Å². The van der Waals surface area contributed by atoms with Crippen LogP contribution < -0.4 is 0 Å². The average molecular weight is 236 g/mol. The van der Waals surface area contributed by atoms with Crippen molar-refractivity contribution in [3.05, 3.63) is 0 Å². The van der Waals surface area contributed by atoms with E-state index in [1.165, 1.54) is 19.3 Å². The Bertz CT molecular complexity index is 284.